The third-order valence-electron chi connectivity index (χ3n) is 3.40. The number of hydrogen-bond acceptors (Lipinski definition) is 3. The van der Waals surface area contributed by atoms with Crippen LogP contribution >= 0.6 is 0 Å². The Morgan fingerprint density at radius 3 is 2.28 bits per heavy atom. The Kier molecular flexibility index (Phi) is 5.63. The highest BCUT2D eigenvalue weighted by atomic mass is 16.3. The molecule has 1 atom stereocenters. The average molecular weight is 250 g/mol. The number of anilines is 1. The molecular formula is C15H26N2O. The molecule has 1 aromatic carbocycles. The summed E-state index contributed by atoms with van der Waals surface area (Å²) in [6.07, 6.45) is 1.82. The fourth-order valence-corrected chi connectivity index (χ4v) is 2.09. The van der Waals surface area contributed by atoms with Crippen molar-refractivity contribution in [3.63, 3.8) is 0 Å². The van der Waals surface area contributed by atoms with Gasteiger partial charge in [0.25, 0.3) is 0 Å². The molecule has 0 aromatic heterocycles. The summed E-state index contributed by atoms with van der Waals surface area (Å²) >= 11 is 0. The van der Waals surface area contributed by atoms with E-state index in [9.17, 15) is 5.11 Å². The molecule has 0 saturated carbocycles. The number of aliphatic hydroxyl groups excluding tert-OH is 1. The number of aliphatic hydroxyl groups is 1. The van der Waals surface area contributed by atoms with Gasteiger partial charge in [0, 0.05) is 31.9 Å². The zero-order valence-electron chi connectivity index (χ0n) is 12.0. The fourth-order valence-electron chi connectivity index (χ4n) is 2.09. The Morgan fingerprint density at radius 2 is 1.83 bits per heavy atom. The maximum Gasteiger partial charge on any atom is 0.0451 e. The van der Waals surface area contributed by atoms with Gasteiger partial charge in [-0.3, -0.25) is 0 Å². The maximum absolute atomic E-state index is 9.26. The van der Waals surface area contributed by atoms with E-state index in [0.29, 0.717) is 0 Å². The van der Waals surface area contributed by atoms with Gasteiger partial charge >= 0.3 is 0 Å². The lowest BCUT2D eigenvalue weighted by Gasteiger charge is -2.31. The fraction of sp³-hybridized carbons (Fsp3) is 0.600. The third kappa shape index (κ3) is 3.72. The SMILES string of the molecule is CCCNC(C)(CCO)c1ccc(N(C)C)cc1. The molecule has 0 fully saturated rings. The van der Waals surface area contributed by atoms with Crippen LogP contribution in [0.1, 0.15) is 32.3 Å². The summed E-state index contributed by atoms with van der Waals surface area (Å²) in [6.45, 7) is 5.47. The highest BCUT2D eigenvalue weighted by Crippen LogP contribution is 2.26. The number of nitrogens with one attached hydrogen (secondary N) is 1. The average Bonchev–Trinajstić information content (AvgIpc) is 2.37. The van der Waals surface area contributed by atoms with E-state index >= 15 is 0 Å². The van der Waals surface area contributed by atoms with Crippen molar-refractivity contribution in [2.75, 3.05) is 32.1 Å². The molecule has 0 aliphatic rings. The molecule has 3 nitrogen and oxygen atoms in total. The van der Waals surface area contributed by atoms with Crippen LogP contribution in [0.2, 0.25) is 0 Å². The quantitative estimate of drug-likeness (QED) is 0.780. The van der Waals surface area contributed by atoms with E-state index in [1.165, 1.54) is 11.3 Å². The predicted octanol–water partition coefficient (Wildman–Crippen LogP) is 2.35. The minimum absolute atomic E-state index is 0.143. The number of nitrogens with zero attached hydrogens (tertiary/aromatic N) is 1. The topological polar surface area (TPSA) is 35.5 Å². The number of rotatable bonds is 7. The molecule has 0 aliphatic carbocycles. The van der Waals surface area contributed by atoms with Gasteiger partial charge in [-0.25, -0.2) is 0 Å². The van der Waals surface area contributed by atoms with Crippen LogP contribution in [-0.4, -0.2) is 32.4 Å². The van der Waals surface area contributed by atoms with E-state index < -0.39 is 0 Å². The minimum Gasteiger partial charge on any atom is -0.396 e. The van der Waals surface area contributed by atoms with Gasteiger partial charge in [0.1, 0.15) is 0 Å². The highest BCUT2D eigenvalue weighted by molar-refractivity contribution is 5.47. The molecule has 0 radical (unpaired) electrons. The van der Waals surface area contributed by atoms with Crippen molar-refractivity contribution >= 4 is 5.69 Å². The first-order valence-electron chi connectivity index (χ1n) is 6.67. The molecule has 1 aromatic rings. The van der Waals surface area contributed by atoms with E-state index in [1.807, 2.05) is 14.1 Å². The molecule has 0 heterocycles. The van der Waals surface area contributed by atoms with Gasteiger partial charge in [-0.05, 0) is 44.0 Å². The first-order valence-corrected chi connectivity index (χ1v) is 6.67. The Morgan fingerprint density at radius 1 is 1.22 bits per heavy atom. The van der Waals surface area contributed by atoms with Gasteiger partial charge in [-0.15, -0.1) is 0 Å². The van der Waals surface area contributed by atoms with Gasteiger partial charge in [-0.2, -0.15) is 0 Å². The minimum atomic E-state index is -0.143. The molecule has 3 heteroatoms. The lowest BCUT2D eigenvalue weighted by molar-refractivity contribution is 0.221. The molecule has 18 heavy (non-hydrogen) atoms. The molecule has 0 aliphatic heterocycles. The monoisotopic (exact) mass is 250 g/mol. The largest absolute Gasteiger partial charge is 0.396 e. The van der Waals surface area contributed by atoms with Crippen LogP contribution in [0, 0.1) is 0 Å². The molecule has 2 N–H and O–H groups in total. The zero-order chi connectivity index (χ0) is 13.6. The van der Waals surface area contributed by atoms with Crippen LogP contribution in [0.5, 0.6) is 0 Å². The summed E-state index contributed by atoms with van der Waals surface area (Å²) in [5.74, 6) is 0. The molecule has 0 amide bonds. The highest BCUT2D eigenvalue weighted by Gasteiger charge is 2.24. The zero-order valence-corrected chi connectivity index (χ0v) is 12.0. The molecule has 0 bridgehead atoms. The Balaban J connectivity index is 2.91. The molecule has 102 valence electrons. The predicted molar refractivity (Wildman–Crippen MR) is 78.1 cm³/mol. The summed E-state index contributed by atoms with van der Waals surface area (Å²) in [4.78, 5) is 2.09. The van der Waals surface area contributed by atoms with E-state index in [0.717, 1.165) is 19.4 Å². The van der Waals surface area contributed by atoms with Crippen molar-refractivity contribution in [3.8, 4) is 0 Å². The van der Waals surface area contributed by atoms with Gasteiger partial charge in [-0.1, -0.05) is 19.1 Å². The van der Waals surface area contributed by atoms with Crippen molar-refractivity contribution in [1.29, 1.82) is 0 Å². The molecule has 1 unspecified atom stereocenters. The van der Waals surface area contributed by atoms with Gasteiger partial charge in [0.2, 0.25) is 0 Å². The van der Waals surface area contributed by atoms with Crippen molar-refractivity contribution in [2.45, 2.75) is 32.2 Å². The van der Waals surface area contributed by atoms with Crippen LogP contribution in [0.4, 0.5) is 5.69 Å². The van der Waals surface area contributed by atoms with Gasteiger partial charge in [0.15, 0.2) is 0 Å². The van der Waals surface area contributed by atoms with Crippen molar-refractivity contribution < 1.29 is 5.11 Å². The summed E-state index contributed by atoms with van der Waals surface area (Å²) in [5, 5.41) is 12.8. The maximum atomic E-state index is 9.26. The van der Waals surface area contributed by atoms with Crippen molar-refractivity contribution in [3.05, 3.63) is 29.8 Å². The van der Waals surface area contributed by atoms with Gasteiger partial charge < -0.3 is 15.3 Å². The van der Waals surface area contributed by atoms with Crippen LogP contribution in [0.3, 0.4) is 0 Å². The van der Waals surface area contributed by atoms with E-state index in [2.05, 4.69) is 48.3 Å². The summed E-state index contributed by atoms with van der Waals surface area (Å²) in [7, 11) is 4.08. The second kappa shape index (κ2) is 6.76. The number of benzene rings is 1. The van der Waals surface area contributed by atoms with E-state index in [4.69, 9.17) is 0 Å². The molecule has 1 rings (SSSR count). The van der Waals surface area contributed by atoms with Crippen LogP contribution in [0.15, 0.2) is 24.3 Å². The first kappa shape index (κ1) is 15.0. The second-order valence-electron chi connectivity index (χ2n) is 5.17. The first-order chi connectivity index (χ1) is 8.53. The summed E-state index contributed by atoms with van der Waals surface area (Å²) in [5.41, 5.74) is 2.28. The normalized spacial score (nSPS) is 14.3. The molecular weight excluding hydrogens is 224 g/mol. The molecule has 0 spiro atoms. The smallest absolute Gasteiger partial charge is 0.0451 e. The summed E-state index contributed by atoms with van der Waals surface area (Å²) < 4.78 is 0. The second-order valence-corrected chi connectivity index (χ2v) is 5.17. The Hall–Kier alpha value is -1.06. The standard InChI is InChI=1S/C15H26N2O/c1-5-11-16-15(2,10-12-18)13-6-8-14(9-7-13)17(3)4/h6-9,16,18H,5,10-12H2,1-4H3. The van der Waals surface area contributed by atoms with Crippen LogP contribution in [0.25, 0.3) is 0 Å². The molecule has 0 saturated heterocycles. The van der Waals surface area contributed by atoms with Crippen LogP contribution < -0.4 is 10.2 Å². The van der Waals surface area contributed by atoms with Crippen molar-refractivity contribution in [2.24, 2.45) is 0 Å². The van der Waals surface area contributed by atoms with Crippen molar-refractivity contribution in [1.82, 2.24) is 5.32 Å². The van der Waals surface area contributed by atoms with Crippen LogP contribution in [-0.2, 0) is 5.54 Å². The third-order valence-corrected chi connectivity index (χ3v) is 3.40. The van der Waals surface area contributed by atoms with E-state index in [1.54, 1.807) is 0 Å². The Bertz CT molecular complexity index is 348. The lowest BCUT2D eigenvalue weighted by Crippen LogP contribution is -2.40. The summed E-state index contributed by atoms with van der Waals surface area (Å²) in [6, 6.07) is 8.54. The van der Waals surface area contributed by atoms with E-state index in [-0.39, 0.29) is 12.1 Å². The lowest BCUT2D eigenvalue weighted by atomic mass is 9.88. The van der Waals surface area contributed by atoms with Gasteiger partial charge in [0.05, 0.1) is 0 Å². The number of hydrogen-bond donors (Lipinski definition) is 2. The Labute approximate surface area is 111 Å².